The molecule has 166 valence electrons. The van der Waals surface area contributed by atoms with Gasteiger partial charge in [-0.2, -0.15) is 0 Å². The molecule has 2 unspecified atom stereocenters. The molecule has 1 aliphatic heterocycles. The van der Waals surface area contributed by atoms with E-state index in [1.54, 1.807) is 0 Å². The summed E-state index contributed by atoms with van der Waals surface area (Å²) in [5, 5.41) is 6.82. The molecular formula is C22H40N4O3. The number of hydrogen-bond donors (Lipinski definition) is 2. The fourth-order valence-electron chi connectivity index (χ4n) is 3.58. The van der Waals surface area contributed by atoms with Crippen molar-refractivity contribution in [3.8, 4) is 0 Å². The maximum Gasteiger partial charge on any atom is 0.191 e. The smallest absolute Gasteiger partial charge is 0.191 e. The molecule has 1 aromatic rings. The van der Waals surface area contributed by atoms with E-state index in [9.17, 15) is 0 Å². The van der Waals surface area contributed by atoms with E-state index in [1.807, 2.05) is 13.0 Å². The Morgan fingerprint density at radius 1 is 1.21 bits per heavy atom. The second kappa shape index (κ2) is 12.9. The quantitative estimate of drug-likeness (QED) is 0.433. The van der Waals surface area contributed by atoms with E-state index in [0.717, 1.165) is 69.9 Å². The molecule has 0 spiro atoms. The molecule has 7 nitrogen and oxygen atoms in total. The molecule has 1 saturated heterocycles. The van der Waals surface area contributed by atoms with Crippen molar-refractivity contribution in [2.24, 2.45) is 10.9 Å². The molecule has 2 heterocycles. The molecule has 29 heavy (non-hydrogen) atoms. The molecule has 0 saturated carbocycles. The standard InChI is InChI=1S/C22H40N4O3/c1-6-23-22(24-11-10-20(17(3)4)28-7-2)25-16-19(21-9-8-18(5)29-21)26-12-14-27-15-13-26/h8-9,17,19-20H,6-7,10-16H2,1-5H3,(H2,23,24,25). The summed E-state index contributed by atoms with van der Waals surface area (Å²) in [6.45, 7) is 16.9. The number of aliphatic imine (C=N–C) groups is 1. The van der Waals surface area contributed by atoms with Gasteiger partial charge in [0.1, 0.15) is 11.5 Å². The van der Waals surface area contributed by atoms with Crippen LogP contribution in [-0.2, 0) is 9.47 Å². The number of ether oxygens (including phenoxy) is 2. The predicted molar refractivity (Wildman–Crippen MR) is 117 cm³/mol. The van der Waals surface area contributed by atoms with Gasteiger partial charge in [-0.25, -0.2) is 0 Å². The molecule has 1 aliphatic rings. The molecule has 7 heteroatoms. The van der Waals surface area contributed by atoms with Crippen LogP contribution in [0.5, 0.6) is 0 Å². The Kier molecular flexibility index (Phi) is 10.5. The zero-order valence-corrected chi connectivity index (χ0v) is 18.9. The zero-order valence-electron chi connectivity index (χ0n) is 18.9. The first-order valence-electron chi connectivity index (χ1n) is 11.1. The second-order valence-corrected chi connectivity index (χ2v) is 7.79. The van der Waals surface area contributed by atoms with Crippen molar-refractivity contribution in [2.45, 2.75) is 53.2 Å². The zero-order chi connectivity index (χ0) is 21.1. The van der Waals surface area contributed by atoms with Gasteiger partial charge in [-0.05, 0) is 45.2 Å². The normalized spacial score (nSPS) is 18.1. The van der Waals surface area contributed by atoms with Gasteiger partial charge in [0.25, 0.3) is 0 Å². The van der Waals surface area contributed by atoms with Crippen molar-refractivity contribution in [3.63, 3.8) is 0 Å². The van der Waals surface area contributed by atoms with Crippen molar-refractivity contribution < 1.29 is 13.9 Å². The number of morpholine rings is 1. The number of aryl methyl sites for hydroxylation is 1. The number of furan rings is 1. The molecule has 1 aromatic heterocycles. The highest BCUT2D eigenvalue weighted by molar-refractivity contribution is 5.79. The van der Waals surface area contributed by atoms with Crippen LogP contribution in [0.1, 0.15) is 51.7 Å². The van der Waals surface area contributed by atoms with Gasteiger partial charge in [-0.1, -0.05) is 13.8 Å². The fraction of sp³-hybridized carbons (Fsp3) is 0.773. The molecule has 0 bridgehead atoms. The lowest BCUT2D eigenvalue weighted by atomic mass is 10.0. The Labute approximate surface area is 176 Å². The van der Waals surface area contributed by atoms with E-state index in [2.05, 4.69) is 49.3 Å². The van der Waals surface area contributed by atoms with Gasteiger partial charge in [0, 0.05) is 32.8 Å². The highest BCUT2D eigenvalue weighted by atomic mass is 16.5. The Hall–Kier alpha value is -1.57. The maximum atomic E-state index is 5.95. The molecule has 0 amide bonds. The largest absolute Gasteiger partial charge is 0.465 e. The molecule has 2 atom stereocenters. The van der Waals surface area contributed by atoms with Crippen LogP contribution in [0.2, 0.25) is 0 Å². The first kappa shape index (κ1) is 23.7. The maximum absolute atomic E-state index is 5.95. The molecule has 0 radical (unpaired) electrons. The van der Waals surface area contributed by atoms with Gasteiger partial charge in [-0.15, -0.1) is 0 Å². The Balaban J connectivity index is 2.00. The summed E-state index contributed by atoms with van der Waals surface area (Å²) < 4.78 is 17.3. The third-order valence-electron chi connectivity index (χ3n) is 5.19. The number of rotatable bonds is 11. The van der Waals surface area contributed by atoms with Gasteiger partial charge in [-0.3, -0.25) is 9.89 Å². The summed E-state index contributed by atoms with van der Waals surface area (Å²) in [7, 11) is 0. The lowest BCUT2D eigenvalue weighted by molar-refractivity contribution is 0.0135. The van der Waals surface area contributed by atoms with Crippen LogP contribution in [0.4, 0.5) is 0 Å². The van der Waals surface area contributed by atoms with E-state index in [1.165, 1.54) is 0 Å². The summed E-state index contributed by atoms with van der Waals surface area (Å²) in [6, 6.07) is 4.21. The minimum atomic E-state index is 0.120. The Bertz CT molecular complexity index is 597. The van der Waals surface area contributed by atoms with Crippen molar-refractivity contribution in [1.29, 1.82) is 0 Å². The third-order valence-corrected chi connectivity index (χ3v) is 5.19. The van der Waals surface area contributed by atoms with E-state index in [0.29, 0.717) is 12.5 Å². The van der Waals surface area contributed by atoms with Crippen LogP contribution in [-0.4, -0.2) is 69.5 Å². The van der Waals surface area contributed by atoms with Crippen LogP contribution >= 0.6 is 0 Å². The van der Waals surface area contributed by atoms with Gasteiger partial charge in [0.05, 0.1) is 31.9 Å². The van der Waals surface area contributed by atoms with Crippen molar-refractivity contribution in [3.05, 3.63) is 23.7 Å². The number of nitrogens with one attached hydrogen (secondary N) is 2. The second-order valence-electron chi connectivity index (χ2n) is 7.79. The Morgan fingerprint density at radius 3 is 2.55 bits per heavy atom. The predicted octanol–water partition coefficient (Wildman–Crippen LogP) is 2.97. The average Bonchev–Trinajstić information content (AvgIpc) is 3.14. The molecule has 0 aliphatic carbocycles. The van der Waals surface area contributed by atoms with Gasteiger partial charge in [0.15, 0.2) is 5.96 Å². The summed E-state index contributed by atoms with van der Waals surface area (Å²) in [5.41, 5.74) is 0. The topological polar surface area (TPSA) is 71.3 Å². The van der Waals surface area contributed by atoms with Gasteiger partial charge >= 0.3 is 0 Å². The van der Waals surface area contributed by atoms with Gasteiger partial charge in [0.2, 0.25) is 0 Å². The molecule has 2 N–H and O–H groups in total. The van der Waals surface area contributed by atoms with E-state index < -0.39 is 0 Å². The third kappa shape index (κ3) is 7.99. The van der Waals surface area contributed by atoms with Crippen molar-refractivity contribution >= 4 is 5.96 Å². The number of guanidine groups is 1. The van der Waals surface area contributed by atoms with Crippen molar-refractivity contribution in [2.75, 3.05) is 52.5 Å². The minimum absolute atomic E-state index is 0.120. The van der Waals surface area contributed by atoms with Crippen LogP contribution < -0.4 is 10.6 Å². The summed E-state index contributed by atoms with van der Waals surface area (Å²) >= 11 is 0. The SMILES string of the molecule is CCNC(=NCC(c1ccc(C)o1)N1CCOCC1)NCCC(OCC)C(C)C. The minimum Gasteiger partial charge on any atom is -0.465 e. The van der Waals surface area contributed by atoms with E-state index in [4.69, 9.17) is 18.9 Å². The fourth-order valence-corrected chi connectivity index (χ4v) is 3.58. The van der Waals surface area contributed by atoms with Crippen molar-refractivity contribution in [1.82, 2.24) is 15.5 Å². The first-order chi connectivity index (χ1) is 14.0. The number of nitrogens with zero attached hydrogens (tertiary/aromatic N) is 2. The lowest BCUT2D eigenvalue weighted by Gasteiger charge is -2.32. The Morgan fingerprint density at radius 2 is 1.97 bits per heavy atom. The summed E-state index contributed by atoms with van der Waals surface area (Å²) in [5.74, 6) is 3.25. The van der Waals surface area contributed by atoms with Crippen LogP contribution in [0.15, 0.2) is 21.5 Å². The number of hydrogen-bond acceptors (Lipinski definition) is 5. The molecular weight excluding hydrogens is 368 g/mol. The average molecular weight is 409 g/mol. The van der Waals surface area contributed by atoms with E-state index >= 15 is 0 Å². The first-order valence-corrected chi connectivity index (χ1v) is 11.1. The van der Waals surface area contributed by atoms with E-state index in [-0.39, 0.29) is 12.1 Å². The van der Waals surface area contributed by atoms with Crippen LogP contribution in [0.25, 0.3) is 0 Å². The highest BCUT2D eigenvalue weighted by Crippen LogP contribution is 2.24. The van der Waals surface area contributed by atoms with Crippen LogP contribution in [0, 0.1) is 12.8 Å². The molecule has 0 aromatic carbocycles. The molecule has 2 rings (SSSR count). The summed E-state index contributed by atoms with van der Waals surface area (Å²) in [6.07, 6.45) is 1.22. The summed E-state index contributed by atoms with van der Waals surface area (Å²) in [4.78, 5) is 7.27. The lowest BCUT2D eigenvalue weighted by Crippen LogP contribution is -2.42. The molecule has 1 fully saturated rings. The monoisotopic (exact) mass is 408 g/mol. The van der Waals surface area contributed by atoms with Gasteiger partial charge < -0.3 is 24.5 Å². The van der Waals surface area contributed by atoms with Crippen LogP contribution in [0.3, 0.4) is 0 Å². The highest BCUT2D eigenvalue weighted by Gasteiger charge is 2.25.